The largest absolute Gasteiger partial charge is 0.330 e. The topological polar surface area (TPSA) is 29.3 Å². The Hall–Kier alpha value is -0.860. The Labute approximate surface area is 111 Å². The van der Waals surface area contributed by atoms with Crippen LogP contribution in [0.25, 0.3) is 0 Å². The monoisotopic (exact) mass is 246 g/mol. The Balaban J connectivity index is 2.02. The van der Waals surface area contributed by atoms with E-state index < -0.39 is 0 Å². The second kappa shape index (κ2) is 6.91. The summed E-state index contributed by atoms with van der Waals surface area (Å²) in [6.45, 7) is 6.58. The van der Waals surface area contributed by atoms with Gasteiger partial charge >= 0.3 is 0 Å². The highest BCUT2D eigenvalue weighted by Gasteiger charge is 2.17. The van der Waals surface area contributed by atoms with Crippen LogP contribution in [0.1, 0.15) is 42.7 Å². The number of nitrogens with zero attached hydrogens (tertiary/aromatic N) is 1. The lowest BCUT2D eigenvalue weighted by Crippen LogP contribution is -2.32. The summed E-state index contributed by atoms with van der Waals surface area (Å²) in [4.78, 5) is 2.61. The van der Waals surface area contributed by atoms with Crippen molar-refractivity contribution in [3.63, 3.8) is 0 Å². The molecule has 1 heterocycles. The van der Waals surface area contributed by atoms with Crippen molar-refractivity contribution >= 4 is 0 Å². The van der Waals surface area contributed by atoms with Crippen molar-refractivity contribution in [1.29, 1.82) is 0 Å². The van der Waals surface area contributed by atoms with E-state index >= 15 is 0 Å². The average molecular weight is 246 g/mol. The minimum absolute atomic E-state index is 0.490. The summed E-state index contributed by atoms with van der Waals surface area (Å²) in [5.41, 5.74) is 8.82. The van der Waals surface area contributed by atoms with Crippen LogP contribution >= 0.6 is 0 Å². The molecule has 1 saturated heterocycles. The molecule has 1 fully saturated rings. The van der Waals surface area contributed by atoms with Gasteiger partial charge in [0, 0.05) is 19.0 Å². The van der Waals surface area contributed by atoms with Crippen LogP contribution < -0.4 is 5.73 Å². The van der Waals surface area contributed by atoms with Crippen LogP contribution in [0.4, 0.5) is 0 Å². The number of hydrogen-bond acceptors (Lipinski definition) is 2. The Morgan fingerprint density at radius 3 is 2.39 bits per heavy atom. The first-order valence-electron chi connectivity index (χ1n) is 7.29. The van der Waals surface area contributed by atoms with Crippen LogP contribution in [0.15, 0.2) is 24.3 Å². The van der Waals surface area contributed by atoms with E-state index in [1.165, 1.54) is 49.9 Å². The normalized spacial score (nSPS) is 19.4. The molecule has 1 aromatic carbocycles. The highest BCUT2D eigenvalue weighted by molar-refractivity contribution is 5.29. The van der Waals surface area contributed by atoms with Crippen molar-refractivity contribution in [2.24, 2.45) is 5.73 Å². The Morgan fingerprint density at radius 1 is 1.11 bits per heavy atom. The fraction of sp³-hybridized carbons (Fsp3) is 0.625. The van der Waals surface area contributed by atoms with Crippen LogP contribution in [0.2, 0.25) is 0 Å². The Morgan fingerprint density at radius 2 is 1.78 bits per heavy atom. The van der Waals surface area contributed by atoms with Gasteiger partial charge < -0.3 is 10.6 Å². The maximum atomic E-state index is 6.00. The van der Waals surface area contributed by atoms with Crippen molar-refractivity contribution in [3.05, 3.63) is 35.4 Å². The smallest absolute Gasteiger partial charge is 0.00914 e. The lowest BCUT2D eigenvalue weighted by Gasteiger charge is -2.26. The molecule has 1 aliphatic rings. The van der Waals surface area contributed by atoms with Gasteiger partial charge in [0.2, 0.25) is 0 Å². The zero-order valence-electron chi connectivity index (χ0n) is 11.6. The van der Waals surface area contributed by atoms with Crippen molar-refractivity contribution in [1.82, 2.24) is 4.90 Å². The van der Waals surface area contributed by atoms with Crippen molar-refractivity contribution in [3.8, 4) is 0 Å². The van der Waals surface area contributed by atoms with Gasteiger partial charge in [-0.1, -0.05) is 37.1 Å². The van der Waals surface area contributed by atoms with E-state index in [1.807, 2.05) is 0 Å². The summed E-state index contributed by atoms with van der Waals surface area (Å²) in [7, 11) is 0. The molecule has 1 aliphatic heterocycles. The van der Waals surface area contributed by atoms with Gasteiger partial charge in [-0.05, 0) is 44.0 Å². The molecule has 2 heteroatoms. The molecule has 1 unspecified atom stereocenters. The number of likely N-dealkylation sites (tertiary alicyclic amines) is 1. The predicted octanol–water partition coefficient (Wildman–Crippen LogP) is 2.91. The van der Waals surface area contributed by atoms with Gasteiger partial charge in [0.15, 0.2) is 0 Å². The van der Waals surface area contributed by atoms with E-state index in [0.717, 1.165) is 13.1 Å². The molecular weight excluding hydrogens is 220 g/mol. The van der Waals surface area contributed by atoms with Crippen LogP contribution in [-0.2, 0) is 0 Å². The minimum atomic E-state index is 0.490. The van der Waals surface area contributed by atoms with Gasteiger partial charge in [-0.3, -0.25) is 0 Å². The molecule has 2 nitrogen and oxygen atoms in total. The first-order valence-corrected chi connectivity index (χ1v) is 7.29. The molecule has 100 valence electrons. The molecule has 2 rings (SSSR count). The third-order valence-electron chi connectivity index (χ3n) is 4.09. The number of benzene rings is 1. The molecule has 2 N–H and O–H groups in total. The van der Waals surface area contributed by atoms with E-state index in [-0.39, 0.29) is 0 Å². The van der Waals surface area contributed by atoms with E-state index in [2.05, 4.69) is 36.1 Å². The number of nitrogens with two attached hydrogens (primary N) is 1. The van der Waals surface area contributed by atoms with Gasteiger partial charge in [0.1, 0.15) is 0 Å². The predicted molar refractivity (Wildman–Crippen MR) is 77.9 cm³/mol. The van der Waals surface area contributed by atoms with Crippen molar-refractivity contribution in [2.75, 3.05) is 26.2 Å². The molecule has 1 aromatic rings. The fourth-order valence-electron chi connectivity index (χ4n) is 2.98. The molecular formula is C16H26N2. The van der Waals surface area contributed by atoms with E-state index in [4.69, 9.17) is 5.73 Å². The first-order chi connectivity index (χ1) is 8.81. The van der Waals surface area contributed by atoms with Crippen LogP contribution in [0.5, 0.6) is 0 Å². The molecule has 0 aliphatic carbocycles. The van der Waals surface area contributed by atoms with Gasteiger partial charge in [0.05, 0.1) is 0 Å². The molecule has 0 radical (unpaired) electrons. The van der Waals surface area contributed by atoms with Crippen molar-refractivity contribution < 1.29 is 0 Å². The molecule has 0 aromatic heterocycles. The average Bonchev–Trinajstić information content (AvgIpc) is 2.65. The highest BCUT2D eigenvalue weighted by atomic mass is 15.1. The van der Waals surface area contributed by atoms with E-state index in [1.54, 1.807) is 0 Å². The quantitative estimate of drug-likeness (QED) is 0.885. The van der Waals surface area contributed by atoms with Crippen molar-refractivity contribution in [2.45, 2.75) is 38.5 Å². The minimum Gasteiger partial charge on any atom is -0.330 e. The fourth-order valence-corrected chi connectivity index (χ4v) is 2.98. The van der Waals surface area contributed by atoms with Gasteiger partial charge in [-0.15, -0.1) is 0 Å². The van der Waals surface area contributed by atoms with Crippen LogP contribution in [-0.4, -0.2) is 31.1 Å². The van der Waals surface area contributed by atoms with Gasteiger partial charge in [-0.25, -0.2) is 0 Å². The maximum absolute atomic E-state index is 6.00. The molecule has 18 heavy (non-hydrogen) atoms. The van der Waals surface area contributed by atoms with E-state index in [9.17, 15) is 0 Å². The standard InChI is InChI=1S/C16H26N2/c1-14-8-4-5-9-16(14)15(12-17)13-18-10-6-2-3-7-11-18/h4-5,8-9,15H,2-3,6-7,10-13,17H2,1H3. The van der Waals surface area contributed by atoms with Crippen LogP contribution in [0.3, 0.4) is 0 Å². The summed E-state index contributed by atoms with van der Waals surface area (Å²) >= 11 is 0. The molecule has 0 saturated carbocycles. The maximum Gasteiger partial charge on any atom is 0.00914 e. The summed E-state index contributed by atoms with van der Waals surface area (Å²) < 4.78 is 0. The second-order valence-electron chi connectivity index (χ2n) is 5.50. The van der Waals surface area contributed by atoms with Gasteiger partial charge in [0.25, 0.3) is 0 Å². The third-order valence-corrected chi connectivity index (χ3v) is 4.09. The summed E-state index contributed by atoms with van der Waals surface area (Å²) in [5, 5.41) is 0. The zero-order valence-corrected chi connectivity index (χ0v) is 11.6. The lowest BCUT2D eigenvalue weighted by atomic mass is 9.94. The zero-order chi connectivity index (χ0) is 12.8. The highest BCUT2D eigenvalue weighted by Crippen LogP contribution is 2.21. The molecule has 0 bridgehead atoms. The van der Waals surface area contributed by atoms with Crippen LogP contribution in [0, 0.1) is 6.92 Å². The molecule has 1 atom stereocenters. The second-order valence-corrected chi connectivity index (χ2v) is 5.50. The number of aryl methyl sites for hydroxylation is 1. The number of rotatable bonds is 4. The first kappa shape index (κ1) is 13.6. The summed E-state index contributed by atoms with van der Waals surface area (Å²) in [6.07, 6.45) is 5.50. The molecule has 0 amide bonds. The van der Waals surface area contributed by atoms with Gasteiger partial charge in [-0.2, -0.15) is 0 Å². The third kappa shape index (κ3) is 3.56. The summed E-state index contributed by atoms with van der Waals surface area (Å²) in [6, 6.07) is 8.68. The lowest BCUT2D eigenvalue weighted by molar-refractivity contribution is 0.267. The SMILES string of the molecule is Cc1ccccc1C(CN)CN1CCCCCC1. The Bertz CT molecular complexity index is 354. The Kier molecular flexibility index (Phi) is 5.21. The molecule has 0 spiro atoms. The summed E-state index contributed by atoms with van der Waals surface area (Å²) in [5.74, 6) is 0.490. The van der Waals surface area contributed by atoms with E-state index in [0.29, 0.717) is 5.92 Å². The number of hydrogen-bond donors (Lipinski definition) is 1.